The van der Waals surface area contributed by atoms with Crippen LogP contribution in [-0.2, 0) is 46.1 Å². The number of methoxy groups -OCH3 is 1. The number of amides is 1. The van der Waals surface area contributed by atoms with Gasteiger partial charge in [-0.3, -0.25) is 9.69 Å². The van der Waals surface area contributed by atoms with Gasteiger partial charge in [-0.15, -0.1) is 0 Å². The summed E-state index contributed by atoms with van der Waals surface area (Å²) < 4.78 is 38.5. The topological polar surface area (TPSA) is 167 Å². The predicted octanol–water partition coefficient (Wildman–Crippen LogP) is 7.79. The minimum Gasteiger partial charge on any atom is -0.491 e. The second-order valence-electron chi connectivity index (χ2n) is 15.6. The summed E-state index contributed by atoms with van der Waals surface area (Å²) in [5.41, 5.74) is 12.9. The van der Waals surface area contributed by atoms with Crippen molar-refractivity contribution in [2.75, 3.05) is 105 Å². The third-order valence-electron chi connectivity index (χ3n) is 9.66. The van der Waals surface area contributed by atoms with Crippen molar-refractivity contribution in [3.8, 4) is 16.9 Å². The zero-order valence-electron chi connectivity index (χ0n) is 36.1. The number of aromatic nitrogens is 1. The Morgan fingerprint density at radius 2 is 1.57 bits per heavy atom. The van der Waals surface area contributed by atoms with E-state index in [1.54, 1.807) is 4.90 Å². The Morgan fingerprint density at radius 3 is 2.23 bits per heavy atom. The van der Waals surface area contributed by atoms with Crippen molar-refractivity contribution >= 4 is 17.9 Å². The van der Waals surface area contributed by atoms with Crippen LogP contribution in [0.1, 0.15) is 69.2 Å². The van der Waals surface area contributed by atoms with Gasteiger partial charge in [0.25, 0.3) is 0 Å². The van der Waals surface area contributed by atoms with Crippen LogP contribution >= 0.6 is 0 Å². The van der Waals surface area contributed by atoms with Crippen molar-refractivity contribution < 1.29 is 42.7 Å². The largest absolute Gasteiger partial charge is 0.491 e. The number of pyridine rings is 1. The summed E-state index contributed by atoms with van der Waals surface area (Å²) in [6.45, 7) is 12.1. The highest BCUT2D eigenvalue weighted by molar-refractivity contribution is 5.88. The minimum atomic E-state index is -0.566. The van der Waals surface area contributed by atoms with Gasteiger partial charge in [-0.1, -0.05) is 47.6 Å². The Kier molecular flexibility index (Phi) is 21.1. The van der Waals surface area contributed by atoms with E-state index in [0.717, 1.165) is 78.2 Å². The lowest BCUT2D eigenvalue weighted by molar-refractivity contribution is -0.141. The van der Waals surface area contributed by atoms with Gasteiger partial charge in [-0.2, -0.15) is 0 Å². The maximum atomic E-state index is 12.9. The summed E-state index contributed by atoms with van der Waals surface area (Å²) in [6, 6.07) is 20.5. The molecule has 0 fully saturated rings. The molecule has 3 aromatic rings. The van der Waals surface area contributed by atoms with E-state index in [0.29, 0.717) is 79.1 Å². The number of likely N-dealkylation sites (N-methyl/N-ethyl adjacent to an activating group) is 1. The summed E-state index contributed by atoms with van der Waals surface area (Å²) in [7, 11) is 3.53. The first-order valence-electron chi connectivity index (χ1n) is 21.0. The maximum absolute atomic E-state index is 12.9. The monoisotopic (exact) mass is 832 g/mol. The summed E-state index contributed by atoms with van der Waals surface area (Å²) >= 11 is 0. The number of ether oxygens (including phenoxy) is 7. The SMILES string of the molecule is COC(=O)C[C@H](CN(C)CCCCc1ccc2c(n1)N(C(=O)OC(C)(C)C)CCC2)c1cccc(-c2ccc(OCCOCCOCCOCCOCCN=[N+]=[N-])cc2)c1. The van der Waals surface area contributed by atoms with E-state index in [1.165, 1.54) is 7.11 Å². The number of anilines is 1. The second-order valence-corrected chi connectivity index (χ2v) is 15.6. The number of rotatable bonds is 27. The van der Waals surface area contributed by atoms with Crippen LogP contribution in [0.25, 0.3) is 21.6 Å². The Labute approximate surface area is 355 Å². The van der Waals surface area contributed by atoms with Crippen LogP contribution in [0.15, 0.2) is 65.8 Å². The van der Waals surface area contributed by atoms with Crippen LogP contribution in [-0.4, -0.2) is 127 Å². The molecular weight excluding hydrogens is 769 g/mol. The zero-order chi connectivity index (χ0) is 43.0. The van der Waals surface area contributed by atoms with E-state index >= 15 is 0 Å². The molecular formula is C45H64N6O9. The van der Waals surface area contributed by atoms with Crippen molar-refractivity contribution in [1.29, 1.82) is 0 Å². The van der Waals surface area contributed by atoms with Crippen LogP contribution in [0.2, 0.25) is 0 Å². The third kappa shape index (κ3) is 17.8. The lowest BCUT2D eigenvalue weighted by Crippen LogP contribution is -2.40. The summed E-state index contributed by atoms with van der Waals surface area (Å²) in [4.78, 5) is 37.0. The van der Waals surface area contributed by atoms with Crippen LogP contribution in [0, 0.1) is 0 Å². The highest BCUT2D eigenvalue weighted by atomic mass is 16.6. The number of unbranched alkanes of at least 4 members (excludes halogenated alkanes) is 1. The van der Waals surface area contributed by atoms with Crippen molar-refractivity contribution in [3.05, 3.63) is 87.9 Å². The fraction of sp³-hybridized carbons (Fsp3) is 0.578. The molecule has 0 saturated heterocycles. The van der Waals surface area contributed by atoms with Crippen LogP contribution in [0.3, 0.4) is 0 Å². The lowest BCUT2D eigenvalue weighted by Gasteiger charge is -2.31. The van der Waals surface area contributed by atoms with Gasteiger partial charge >= 0.3 is 12.1 Å². The molecule has 328 valence electrons. The van der Waals surface area contributed by atoms with Gasteiger partial charge < -0.3 is 38.1 Å². The fourth-order valence-corrected chi connectivity index (χ4v) is 6.69. The normalized spacial score (nSPS) is 13.1. The molecule has 1 aromatic heterocycles. The predicted molar refractivity (Wildman–Crippen MR) is 231 cm³/mol. The standard InChI is InChI=1S/C45H64N6O9/c1-45(2,3)60-44(53)51-22-9-12-36-14-17-40(48-43(36)51)13-6-7-21-50(4)34-39(33-42(52)54-5)38-11-8-10-37(32-38)35-15-18-41(19-16-35)59-31-30-58-29-28-57-27-26-56-25-24-55-23-20-47-49-46/h8,10-11,14-19,32,39H,6-7,9,12-13,20-31,33-34H2,1-5H3/t39-/m1/s1. The molecule has 1 atom stereocenters. The molecule has 0 aliphatic carbocycles. The molecule has 2 aromatic carbocycles. The van der Waals surface area contributed by atoms with Crippen molar-refractivity contribution in [3.63, 3.8) is 0 Å². The zero-order valence-corrected chi connectivity index (χ0v) is 36.1. The van der Waals surface area contributed by atoms with E-state index in [4.69, 9.17) is 43.7 Å². The Morgan fingerprint density at radius 1 is 0.883 bits per heavy atom. The lowest BCUT2D eigenvalue weighted by atomic mass is 9.92. The molecule has 0 saturated carbocycles. The number of fused-ring (bicyclic) bond motifs is 1. The van der Waals surface area contributed by atoms with Gasteiger partial charge in [0.15, 0.2) is 0 Å². The summed E-state index contributed by atoms with van der Waals surface area (Å²) in [5, 5.41) is 3.40. The van der Waals surface area contributed by atoms with E-state index in [9.17, 15) is 9.59 Å². The quantitative estimate of drug-likeness (QED) is 0.0242. The molecule has 15 heteroatoms. The first-order chi connectivity index (χ1) is 29.1. The number of carbonyl (C=O) groups excluding carboxylic acids is 2. The molecule has 0 bridgehead atoms. The Balaban J connectivity index is 1.18. The third-order valence-corrected chi connectivity index (χ3v) is 9.66. The van der Waals surface area contributed by atoms with Crippen molar-refractivity contribution in [1.82, 2.24) is 9.88 Å². The first kappa shape index (κ1) is 47.9. The number of aryl methyl sites for hydroxylation is 2. The summed E-state index contributed by atoms with van der Waals surface area (Å²) in [6.07, 6.45) is 4.45. The molecule has 0 spiro atoms. The summed E-state index contributed by atoms with van der Waals surface area (Å²) in [5.74, 6) is 1.20. The average Bonchev–Trinajstić information content (AvgIpc) is 3.24. The van der Waals surface area contributed by atoms with Crippen LogP contribution in [0.4, 0.5) is 10.6 Å². The molecule has 1 amide bonds. The average molecular weight is 833 g/mol. The van der Waals surface area contributed by atoms with Crippen molar-refractivity contribution in [2.45, 2.75) is 70.8 Å². The van der Waals surface area contributed by atoms with Gasteiger partial charge in [0, 0.05) is 36.2 Å². The van der Waals surface area contributed by atoms with Crippen LogP contribution < -0.4 is 9.64 Å². The molecule has 15 nitrogen and oxygen atoms in total. The number of nitrogens with zero attached hydrogens (tertiary/aromatic N) is 6. The number of hydrogen-bond acceptors (Lipinski definition) is 12. The Bertz CT molecular complexity index is 1780. The second kappa shape index (κ2) is 26.5. The molecule has 2 heterocycles. The number of azide groups is 1. The van der Waals surface area contributed by atoms with Gasteiger partial charge in [-0.25, -0.2) is 9.78 Å². The van der Waals surface area contributed by atoms with Crippen molar-refractivity contribution in [2.24, 2.45) is 5.11 Å². The van der Waals surface area contributed by atoms with Gasteiger partial charge in [-0.05, 0) is 112 Å². The maximum Gasteiger partial charge on any atom is 0.416 e. The van der Waals surface area contributed by atoms with E-state index in [-0.39, 0.29) is 24.4 Å². The molecule has 4 rings (SSSR count). The molecule has 1 aliphatic rings. The molecule has 1 aliphatic heterocycles. The van der Waals surface area contributed by atoms with E-state index in [1.807, 2.05) is 51.1 Å². The van der Waals surface area contributed by atoms with Gasteiger partial charge in [0.05, 0.1) is 66.4 Å². The highest BCUT2D eigenvalue weighted by Gasteiger charge is 2.28. The van der Waals surface area contributed by atoms with Gasteiger partial charge in [0.1, 0.15) is 23.8 Å². The number of benzene rings is 2. The van der Waals surface area contributed by atoms with Crippen LogP contribution in [0.5, 0.6) is 5.75 Å². The molecule has 0 N–H and O–H groups in total. The Hall–Kier alpha value is -4.76. The van der Waals surface area contributed by atoms with Gasteiger partial charge in [0.2, 0.25) is 0 Å². The number of carbonyl (C=O) groups is 2. The molecule has 0 unspecified atom stereocenters. The van der Waals surface area contributed by atoms with E-state index < -0.39 is 5.60 Å². The van der Waals surface area contributed by atoms with E-state index in [2.05, 4.69) is 52.3 Å². The number of hydrogen-bond donors (Lipinski definition) is 0. The minimum absolute atomic E-state index is 0.0434. The highest BCUT2D eigenvalue weighted by Crippen LogP contribution is 2.30. The first-order valence-corrected chi connectivity index (χ1v) is 21.0. The smallest absolute Gasteiger partial charge is 0.416 e. The molecule has 60 heavy (non-hydrogen) atoms. The number of esters is 1. The molecule has 0 radical (unpaired) electrons. The fourth-order valence-electron chi connectivity index (χ4n) is 6.69.